The number of carboxylic acids is 1. The summed E-state index contributed by atoms with van der Waals surface area (Å²) in [4.78, 5) is 10.2. The van der Waals surface area contributed by atoms with Gasteiger partial charge in [-0.3, -0.25) is 4.79 Å². The number of carboxylic acid groups (broad SMARTS) is 1. The van der Waals surface area contributed by atoms with Crippen molar-refractivity contribution in [2.75, 3.05) is 0 Å². The molecular formula is C14H24O3. The fraction of sp³-hybridized carbons (Fsp3) is 0.643. The van der Waals surface area contributed by atoms with Crippen LogP contribution in [0.1, 0.15) is 51.9 Å². The molecule has 3 heteroatoms. The fourth-order valence-corrected chi connectivity index (χ4v) is 1.40. The Kier molecular flexibility index (Phi) is 10.7. The highest BCUT2D eigenvalue weighted by molar-refractivity contribution is 5.66. The van der Waals surface area contributed by atoms with Gasteiger partial charge >= 0.3 is 5.97 Å². The molecule has 0 amide bonds. The molecule has 98 valence electrons. The van der Waals surface area contributed by atoms with Gasteiger partial charge in [0.15, 0.2) is 0 Å². The van der Waals surface area contributed by atoms with Crippen molar-refractivity contribution in [2.24, 2.45) is 0 Å². The van der Waals surface area contributed by atoms with Crippen LogP contribution in [0.15, 0.2) is 24.3 Å². The largest absolute Gasteiger partial charge is 0.481 e. The summed E-state index contributed by atoms with van der Waals surface area (Å²) in [5, 5.41) is 17.9. The molecule has 0 aliphatic rings. The Morgan fingerprint density at radius 2 is 1.94 bits per heavy atom. The van der Waals surface area contributed by atoms with Gasteiger partial charge in [0, 0.05) is 6.42 Å². The van der Waals surface area contributed by atoms with Gasteiger partial charge in [0.05, 0.1) is 6.10 Å². The number of hydrogen-bond acceptors (Lipinski definition) is 2. The van der Waals surface area contributed by atoms with Gasteiger partial charge < -0.3 is 10.2 Å². The van der Waals surface area contributed by atoms with Gasteiger partial charge in [-0.15, -0.1) is 0 Å². The van der Waals surface area contributed by atoms with Crippen LogP contribution in [0.3, 0.4) is 0 Å². The van der Waals surface area contributed by atoms with Crippen LogP contribution in [-0.2, 0) is 4.79 Å². The van der Waals surface area contributed by atoms with Gasteiger partial charge in [0.1, 0.15) is 0 Å². The molecule has 0 aromatic carbocycles. The Morgan fingerprint density at radius 1 is 1.18 bits per heavy atom. The van der Waals surface area contributed by atoms with E-state index in [-0.39, 0.29) is 6.42 Å². The smallest absolute Gasteiger partial charge is 0.303 e. The van der Waals surface area contributed by atoms with Crippen LogP contribution < -0.4 is 0 Å². The van der Waals surface area contributed by atoms with Crippen LogP contribution in [0.4, 0.5) is 0 Å². The average Bonchev–Trinajstić information content (AvgIpc) is 2.29. The van der Waals surface area contributed by atoms with E-state index in [0.29, 0.717) is 12.8 Å². The first kappa shape index (κ1) is 15.9. The molecule has 0 bridgehead atoms. The van der Waals surface area contributed by atoms with E-state index in [0.717, 1.165) is 6.42 Å². The maximum atomic E-state index is 10.2. The average molecular weight is 240 g/mol. The van der Waals surface area contributed by atoms with E-state index >= 15 is 0 Å². The van der Waals surface area contributed by atoms with E-state index < -0.39 is 12.1 Å². The van der Waals surface area contributed by atoms with Crippen molar-refractivity contribution >= 4 is 5.97 Å². The van der Waals surface area contributed by atoms with Gasteiger partial charge in [0.2, 0.25) is 0 Å². The molecule has 0 heterocycles. The molecule has 0 saturated carbocycles. The molecule has 0 fully saturated rings. The molecule has 0 rings (SSSR count). The van der Waals surface area contributed by atoms with Crippen LogP contribution in [0, 0.1) is 0 Å². The SMILES string of the molecule is CCCCC/C=C\CC(O)/C=C/CCC(=O)O. The minimum Gasteiger partial charge on any atom is -0.481 e. The number of allylic oxidation sites excluding steroid dienone is 2. The topological polar surface area (TPSA) is 57.5 Å². The number of carbonyl (C=O) groups is 1. The fourth-order valence-electron chi connectivity index (χ4n) is 1.40. The number of unbranched alkanes of at least 4 members (excludes halogenated alkanes) is 3. The van der Waals surface area contributed by atoms with Gasteiger partial charge in [0.25, 0.3) is 0 Å². The normalized spacial score (nSPS) is 13.5. The van der Waals surface area contributed by atoms with Crippen molar-refractivity contribution in [3.05, 3.63) is 24.3 Å². The summed E-state index contributed by atoms with van der Waals surface area (Å²) in [5.41, 5.74) is 0. The molecule has 17 heavy (non-hydrogen) atoms. The van der Waals surface area contributed by atoms with E-state index in [1.165, 1.54) is 19.3 Å². The highest BCUT2D eigenvalue weighted by atomic mass is 16.4. The van der Waals surface area contributed by atoms with Crippen LogP contribution in [-0.4, -0.2) is 22.3 Å². The molecule has 1 unspecified atom stereocenters. The molecule has 2 N–H and O–H groups in total. The predicted octanol–water partition coefficient (Wildman–Crippen LogP) is 3.29. The molecule has 0 radical (unpaired) electrons. The van der Waals surface area contributed by atoms with Gasteiger partial charge in [-0.1, -0.05) is 44.1 Å². The van der Waals surface area contributed by atoms with Crippen molar-refractivity contribution in [2.45, 2.75) is 58.0 Å². The molecule has 0 aliphatic heterocycles. The summed E-state index contributed by atoms with van der Waals surface area (Å²) >= 11 is 0. The Bertz CT molecular complexity index is 244. The van der Waals surface area contributed by atoms with E-state index in [1.54, 1.807) is 12.2 Å². The molecule has 3 nitrogen and oxygen atoms in total. The maximum Gasteiger partial charge on any atom is 0.303 e. The second kappa shape index (κ2) is 11.4. The van der Waals surface area contributed by atoms with E-state index in [4.69, 9.17) is 5.11 Å². The number of aliphatic hydroxyl groups is 1. The monoisotopic (exact) mass is 240 g/mol. The van der Waals surface area contributed by atoms with Gasteiger partial charge in [-0.25, -0.2) is 0 Å². The lowest BCUT2D eigenvalue weighted by Gasteiger charge is -2.00. The number of aliphatic carboxylic acids is 1. The van der Waals surface area contributed by atoms with Crippen LogP contribution in [0.5, 0.6) is 0 Å². The molecular weight excluding hydrogens is 216 g/mol. The highest BCUT2D eigenvalue weighted by Crippen LogP contribution is 2.02. The van der Waals surface area contributed by atoms with E-state index in [1.807, 2.05) is 6.08 Å². The van der Waals surface area contributed by atoms with Crippen molar-refractivity contribution in [3.8, 4) is 0 Å². The summed E-state index contributed by atoms with van der Waals surface area (Å²) in [6, 6.07) is 0. The van der Waals surface area contributed by atoms with Crippen LogP contribution in [0.25, 0.3) is 0 Å². The zero-order valence-corrected chi connectivity index (χ0v) is 10.6. The van der Waals surface area contributed by atoms with Crippen molar-refractivity contribution < 1.29 is 15.0 Å². The molecule has 0 aromatic rings. The van der Waals surface area contributed by atoms with Crippen molar-refractivity contribution in [1.29, 1.82) is 0 Å². The molecule has 1 atom stereocenters. The summed E-state index contributed by atoms with van der Waals surface area (Å²) in [5.74, 6) is -0.806. The second-order valence-electron chi connectivity index (χ2n) is 4.13. The first-order valence-electron chi connectivity index (χ1n) is 6.38. The standard InChI is InChI=1S/C14H24O3/c1-2-3-4-5-6-7-10-13(15)11-8-9-12-14(16)17/h6-8,11,13,15H,2-5,9-10,12H2,1H3,(H,16,17)/b7-6-,11-8+. The number of aliphatic hydroxyl groups excluding tert-OH is 1. The zero-order valence-electron chi connectivity index (χ0n) is 10.6. The second-order valence-corrected chi connectivity index (χ2v) is 4.13. The third-order valence-electron chi connectivity index (χ3n) is 2.40. The minimum absolute atomic E-state index is 0.121. The Labute approximate surface area is 104 Å². The first-order valence-corrected chi connectivity index (χ1v) is 6.38. The van der Waals surface area contributed by atoms with Gasteiger partial charge in [-0.2, -0.15) is 0 Å². The highest BCUT2D eigenvalue weighted by Gasteiger charge is 1.96. The van der Waals surface area contributed by atoms with Crippen molar-refractivity contribution in [1.82, 2.24) is 0 Å². The predicted molar refractivity (Wildman–Crippen MR) is 69.9 cm³/mol. The Balaban J connectivity index is 3.50. The number of rotatable bonds is 10. The first-order chi connectivity index (χ1) is 8.16. The maximum absolute atomic E-state index is 10.2. The summed E-state index contributed by atoms with van der Waals surface area (Å²) in [7, 11) is 0. The summed E-state index contributed by atoms with van der Waals surface area (Å²) in [6.07, 6.45) is 12.9. The van der Waals surface area contributed by atoms with Crippen molar-refractivity contribution in [3.63, 3.8) is 0 Å². The lowest BCUT2D eigenvalue weighted by Crippen LogP contribution is -1.99. The van der Waals surface area contributed by atoms with Crippen LogP contribution >= 0.6 is 0 Å². The lowest BCUT2D eigenvalue weighted by atomic mass is 10.1. The van der Waals surface area contributed by atoms with Crippen LogP contribution in [0.2, 0.25) is 0 Å². The molecule has 0 aliphatic carbocycles. The zero-order chi connectivity index (χ0) is 12.9. The summed E-state index contributed by atoms with van der Waals surface area (Å²) in [6.45, 7) is 2.18. The molecule has 0 saturated heterocycles. The number of hydrogen-bond donors (Lipinski definition) is 2. The van der Waals surface area contributed by atoms with E-state index in [9.17, 15) is 9.90 Å². The third kappa shape index (κ3) is 12.8. The molecule has 0 aromatic heterocycles. The quantitative estimate of drug-likeness (QED) is 0.455. The third-order valence-corrected chi connectivity index (χ3v) is 2.40. The van der Waals surface area contributed by atoms with E-state index in [2.05, 4.69) is 13.0 Å². The van der Waals surface area contributed by atoms with Gasteiger partial charge in [-0.05, 0) is 25.7 Å². The Hall–Kier alpha value is -1.09. The molecule has 0 spiro atoms. The lowest BCUT2D eigenvalue weighted by molar-refractivity contribution is -0.136. The summed E-state index contributed by atoms with van der Waals surface area (Å²) < 4.78 is 0. The minimum atomic E-state index is -0.806. The Morgan fingerprint density at radius 3 is 2.59 bits per heavy atom.